The molecule has 0 saturated carbocycles. The van der Waals surface area contributed by atoms with E-state index < -0.39 is 10.0 Å². The molecule has 148 valence electrons. The molecule has 1 aliphatic rings. The van der Waals surface area contributed by atoms with Gasteiger partial charge in [-0.05, 0) is 61.4 Å². The van der Waals surface area contributed by atoms with Gasteiger partial charge >= 0.3 is 0 Å². The van der Waals surface area contributed by atoms with E-state index in [1.54, 1.807) is 25.1 Å². The second-order valence-corrected chi connectivity index (χ2v) is 8.37. The Hall–Kier alpha value is -2.71. The molecule has 0 aliphatic carbocycles. The first-order valence-corrected chi connectivity index (χ1v) is 10.2. The molecule has 0 unspecified atom stereocenters. The minimum absolute atomic E-state index is 0.111. The summed E-state index contributed by atoms with van der Waals surface area (Å²) in [7, 11) is -2.13. The highest BCUT2D eigenvalue weighted by Gasteiger charge is 2.27. The topological polar surface area (TPSA) is 75.7 Å². The van der Waals surface area contributed by atoms with Crippen LogP contribution in [0.15, 0.2) is 59.0 Å². The lowest BCUT2D eigenvalue weighted by Crippen LogP contribution is -2.36. The van der Waals surface area contributed by atoms with Crippen LogP contribution in [-0.4, -0.2) is 38.8 Å². The average molecular weight is 404 g/mol. The highest BCUT2D eigenvalue weighted by Crippen LogP contribution is 2.24. The summed E-state index contributed by atoms with van der Waals surface area (Å²) in [5, 5.41) is 2.75. The predicted octanol–water partition coefficient (Wildman–Crippen LogP) is 3.10. The maximum absolute atomic E-state index is 13.2. The quantitative estimate of drug-likeness (QED) is 0.831. The molecule has 1 heterocycles. The van der Waals surface area contributed by atoms with Gasteiger partial charge in [0.05, 0.1) is 12.0 Å². The van der Waals surface area contributed by atoms with E-state index in [1.165, 1.54) is 41.7 Å². The molecule has 0 aromatic heterocycles. The maximum Gasteiger partial charge on any atom is 0.251 e. The van der Waals surface area contributed by atoms with Crippen molar-refractivity contribution in [3.8, 4) is 5.75 Å². The molecule has 1 N–H and O–H groups in total. The summed E-state index contributed by atoms with van der Waals surface area (Å²) in [6, 6.07) is 10.3. The Morgan fingerprint density at radius 3 is 2.46 bits per heavy atom. The van der Waals surface area contributed by atoms with E-state index in [0.29, 0.717) is 29.0 Å². The zero-order valence-corrected chi connectivity index (χ0v) is 16.4. The van der Waals surface area contributed by atoms with Gasteiger partial charge in [-0.15, -0.1) is 0 Å². The number of hydrogen-bond donors (Lipinski definition) is 1. The van der Waals surface area contributed by atoms with E-state index >= 15 is 0 Å². The molecular formula is C20H21FN2O4S. The van der Waals surface area contributed by atoms with Gasteiger partial charge in [-0.25, -0.2) is 12.8 Å². The Balaban J connectivity index is 1.69. The number of aryl methyl sites for hydroxylation is 1. The Morgan fingerprint density at radius 1 is 1.18 bits per heavy atom. The number of amides is 1. The first kappa shape index (κ1) is 20.0. The molecule has 2 aromatic rings. The summed E-state index contributed by atoms with van der Waals surface area (Å²) in [4.78, 5) is 12.6. The number of rotatable bonds is 5. The van der Waals surface area contributed by atoms with E-state index in [0.717, 1.165) is 0 Å². The molecule has 0 fully saturated rings. The van der Waals surface area contributed by atoms with Crippen molar-refractivity contribution in [2.24, 2.45) is 0 Å². The Labute approximate surface area is 163 Å². The summed E-state index contributed by atoms with van der Waals surface area (Å²) in [6.07, 6.45) is 1.90. The van der Waals surface area contributed by atoms with E-state index in [9.17, 15) is 17.6 Å². The fraction of sp³-hybridized carbons (Fsp3) is 0.250. The standard InChI is InChI=1S/C20H21FN2O4S/c1-14-13-16(21)3-8-19(14)22-20(24)15-9-11-23(12-10-15)28(25,26)18-6-4-17(27-2)5-7-18/h3-9,13H,10-12H2,1-2H3,(H,22,24). The Bertz CT molecular complexity index is 1020. The molecule has 2 aromatic carbocycles. The highest BCUT2D eigenvalue weighted by atomic mass is 32.2. The second-order valence-electron chi connectivity index (χ2n) is 6.43. The van der Waals surface area contributed by atoms with Gasteiger partial charge in [-0.3, -0.25) is 4.79 Å². The van der Waals surface area contributed by atoms with Crippen LogP contribution in [0.2, 0.25) is 0 Å². The van der Waals surface area contributed by atoms with Crippen LogP contribution in [0.25, 0.3) is 0 Å². The lowest BCUT2D eigenvalue weighted by Gasteiger charge is -2.25. The summed E-state index contributed by atoms with van der Waals surface area (Å²) in [5.41, 5.74) is 1.65. The summed E-state index contributed by atoms with van der Waals surface area (Å²) >= 11 is 0. The number of carbonyl (C=O) groups is 1. The van der Waals surface area contributed by atoms with Crippen LogP contribution >= 0.6 is 0 Å². The van der Waals surface area contributed by atoms with Crippen molar-refractivity contribution < 1.29 is 22.3 Å². The van der Waals surface area contributed by atoms with Gasteiger partial charge in [0.15, 0.2) is 0 Å². The molecule has 1 amide bonds. The average Bonchev–Trinajstić information content (AvgIpc) is 2.70. The van der Waals surface area contributed by atoms with Crippen molar-refractivity contribution in [3.05, 3.63) is 65.5 Å². The van der Waals surface area contributed by atoms with E-state index in [-0.39, 0.29) is 29.7 Å². The van der Waals surface area contributed by atoms with Gasteiger partial charge in [0.1, 0.15) is 11.6 Å². The monoisotopic (exact) mass is 404 g/mol. The van der Waals surface area contributed by atoms with Crippen LogP contribution in [0.3, 0.4) is 0 Å². The fourth-order valence-corrected chi connectivity index (χ4v) is 4.32. The van der Waals surface area contributed by atoms with Gasteiger partial charge < -0.3 is 10.1 Å². The summed E-state index contributed by atoms with van der Waals surface area (Å²) < 4.78 is 45.1. The Morgan fingerprint density at radius 2 is 1.89 bits per heavy atom. The van der Waals surface area contributed by atoms with E-state index in [1.807, 2.05) is 0 Å². The second kappa shape index (κ2) is 8.12. The largest absolute Gasteiger partial charge is 0.497 e. The molecule has 28 heavy (non-hydrogen) atoms. The smallest absolute Gasteiger partial charge is 0.251 e. The van der Waals surface area contributed by atoms with Crippen molar-refractivity contribution in [1.29, 1.82) is 0 Å². The fourth-order valence-electron chi connectivity index (χ4n) is 2.94. The number of nitrogens with one attached hydrogen (secondary N) is 1. The summed E-state index contributed by atoms with van der Waals surface area (Å²) in [5.74, 6) is -0.101. The molecule has 1 aliphatic heterocycles. The van der Waals surface area contributed by atoms with E-state index in [4.69, 9.17) is 4.74 Å². The zero-order valence-electron chi connectivity index (χ0n) is 15.6. The molecule has 0 saturated heterocycles. The molecule has 8 heteroatoms. The van der Waals surface area contributed by atoms with Crippen LogP contribution in [0.1, 0.15) is 12.0 Å². The normalized spacial score (nSPS) is 15.0. The van der Waals surface area contributed by atoms with Crippen molar-refractivity contribution >= 4 is 21.6 Å². The van der Waals surface area contributed by atoms with Crippen molar-refractivity contribution in [2.75, 3.05) is 25.5 Å². The number of anilines is 1. The molecule has 0 bridgehead atoms. The highest BCUT2D eigenvalue weighted by molar-refractivity contribution is 7.89. The van der Waals surface area contributed by atoms with Crippen molar-refractivity contribution in [2.45, 2.75) is 18.2 Å². The van der Waals surface area contributed by atoms with E-state index in [2.05, 4.69) is 5.32 Å². The third-order valence-corrected chi connectivity index (χ3v) is 6.48. The third-order valence-electron chi connectivity index (χ3n) is 4.60. The first-order chi connectivity index (χ1) is 13.3. The third kappa shape index (κ3) is 4.23. The minimum Gasteiger partial charge on any atom is -0.497 e. The number of ether oxygens (including phenoxy) is 1. The van der Waals surface area contributed by atoms with Gasteiger partial charge in [0.25, 0.3) is 5.91 Å². The Kier molecular flexibility index (Phi) is 5.81. The lowest BCUT2D eigenvalue weighted by atomic mass is 10.1. The van der Waals surface area contributed by atoms with Crippen LogP contribution in [0.5, 0.6) is 5.75 Å². The molecular weight excluding hydrogens is 383 g/mol. The molecule has 0 radical (unpaired) electrons. The van der Waals surface area contributed by atoms with Crippen LogP contribution in [0, 0.1) is 12.7 Å². The minimum atomic E-state index is -3.65. The van der Waals surface area contributed by atoms with Crippen molar-refractivity contribution in [3.63, 3.8) is 0 Å². The van der Waals surface area contributed by atoms with Gasteiger partial charge in [0, 0.05) is 24.4 Å². The molecule has 0 atom stereocenters. The first-order valence-electron chi connectivity index (χ1n) is 8.72. The van der Waals surface area contributed by atoms with Crippen LogP contribution in [0.4, 0.5) is 10.1 Å². The molecule has 0 spiro atoms. The summed E-state index contributed by atoms with van der Waals surface area (Å²) in [6.45, 7) is 2.02. The number of hydrogen-bond acceptors (Lipinski definition) is 4. The van der Waals surface area contributed by atoms with Crippen LogP contribution < -0.4 is 10.1 Å². The maximum atomic E-state index is 13.2. The van der Waals surface area contributed by atoms with Gasteiger partial charge in [-0.1, -0.05) is 6.08 Å². The van der Waals surface area contributed by atoms with Gasteiger partial charge in [-0.2, -0.15) is 4.31 Å². The van der Waals surface area contributed by atoms with Gasteiger partial charge in [0.2, 0.25) is 10.0 Å². The molecule has 3 rings (SSSR count). The lowest BCUT2D eigenvalue weighted by molar-refractivity contribution is -0.113. The van der Waals surface area contributed by atoms with Crippen molar-refractivity contribution in [1.82, 2.24) is 4.31 Å². The number of halogens is 1. The number of methoxy groups -OCH3 is 1. The number of benzene rings is 2. The predicted molar refractivity (Wildman–Crippen MR) is 104 cm³/mol. The number of carbonyl (C=O) groups excluding carboxylic acids is 1. The number of sulfonamides is 1. The van der Waals surface area contributed by atoms with Crippen LogP contribution in [-0.2, 0) is 14.8 Å². The number of nitrogens with zero attached hydrogens (tertiary/aromatic N) is 1. The SMILES string of the molecule is COc1ccc(S(=O)(=O)N2CC=C(C(=O)Nc3ccc(F)cc3C)CC2)cc1. The molecule has 6 nitrogen and oxygen atoms in total. The zero-order chi connectivity index (χ0) is 20.3.